The lowest BCUT2D eigenvalue weighted by Crippen LogP contribution is -1.99. The summed E-state index contributed by atoms with van der Waals surface area (Å²) in [4.78, 5) is 4.66. The van der Waals surface area contributed by atoms with E-state index in [2.05, 4.69) is 55.9 Å². The number of tetrazole rings is 1. The van der Waals surface area contributed by atoms with Gasteiger partial charge in [0.25, 0.3) is 0 Å². The first-order valence-electron chi connectivity index (χ1n) is 10.2. The smallest absolute Gasteiger partial charge is 0.179 e. The highest BCUT2D eigenvalue weighted by molar-refractivity contribution is 5.78. The molecule has 3 aromatic carbocycles. The van der Waals surface area contributed by atoms with E-state index in [-0.39, 0.29) is 0 Å². The topological polar surface area (TPSA) is 76.6 Å². The number of aromatic nitrogens is 5. The molecule has 0 fully saturated rings. The summed E-state index contributed by atoms with van der Waals surface area (Å²) < 4.78 is 5.94. The van der Waals surface area contributed by atoms with Crippen molar-refractivity contribution in [3.8, 4) is 17.1 Å². The second kappa shape index (κ2) is 8.75. The Morgan fingerprint density at radius 3 is 2.48 bits per heavy atom. The van der Waals surface area contributed by atoms with Gasteiger partial charge in [0.15, 0.2) is 5.82 Å². The minimum atomic E-state index is 0.447. The zero-order valence-electron chi connectivity index (χ0n) is 16.9. The number of aromatic amines is 1. The van der Waals surface area contributed by atoms with Gasteiger partial charge >= 0.3 is 0 Å². The number of pyridine rings is 1. The fraction of sp³-hybridized carbons (Fsp3) is 0.120. The lowest BCUT2D eigenvalue weighted by atomic mass is 9.99. The molecule has 2 aromatic heterocycles. The van der Waals surface area contributed by atoms with E-state index in [0.717, 1.165) is 40.8 Å². The van der Waals surface area contributed by atoms with Gasteiger partial charge in [0, 0.05) is 10.9 Å². The molecule has 0 saturated carbocycles. The maximum Gasteiger partial charge on any atom is 0.179 e. The molecule has 0 aliphatic carbocycles. The van der Waals surface area contributed by atoms with Crippen LogP contribution in [0.3, 0.4) is 0 Å². The molecular weight excluding hydrogens is 386 g/mol. The third-order valence-electron chi connectivity index (χ3n) is 5.27. The Labute approximate surface area is 179 Å². The molecular formula is C25H21N5O. The summed E-state index contributed by atoms with van der Waals surface area (Å²) in [5.41, 5.74) is 5.41. The summed E-state index contributed by atoms with van der Waals surface area (Å²) in [5, 5.41) is 15.4. The zero-order valence-corrected chi connectivity index (χ0v) is 16.9. The molecule has 0 atom stereocenters. The van der Waals surface area contributed by atoms with E-state index < -0.39 is 0 Å². The van der Waals surface area contributed by atoms with Crippen molar-refractivity contribution in [1.29, 1.82) is 0 Å². The van der Waals surface area contributed by atoms with E-state index in [1.807, 2.05) is 54.6 Å². The summed E-state index contributed by atoms with van der Waals surface area (Å²) in [6, 6.07) is 28.6. The highest BCUT2D eigenvalue weighted by Gasteiger charge is 2.08. The van der Waals surface area contributed by atoms with Gasteiger partial charge in [-0.3, -0.25) is 0 Å². The molecule has 31 heavy (non-hydrogen) atoms. The van der Waals surface area contributed by atoms with Crippen LogP contribution in [-0.2, 0) is 19.4 Å². The molecule has 6 heteroatoms. The molecule has 0 radical (unpaired) electrons. The third-order valence-corrected chi connectivity index (χ3v) is 5.27. The molecule has 6 nitrogen and oxygen atoms in total. The van der Waals surface area contributed by atoms with E-state index in [4.69, 9.17) is 4.74 Å². The van der Waals surface area contributed by atoms with Crippen LogP contribution in [0.15, 0.2) is 84.9 Å². The number of H-pyrrole nitrogens is 1. The second-order valence-corrected chi connectivity index (χ2v) is 7.33. The molecule has 152 valence electrons. The fourth-order valence-corrected chi connectivity index (χ4v) is 3.62. The zero-order chi connectivity index (χ0) is 20.9. The van der Waals surface area contributed by atoms with Crippen molar-refractivity contribution in [2.75, 3.05) is 0 Å². The van der Waals surface area contributed by atoms with Crippen LogP contribution in [0.1, 0.15) is 16.8 Å². The SMILES string of the molecule is c1ccc(-c2nnn[nH]2)c(CCc2ccc(OCc3ccc4ccccc4n3)cc2)c1. The molecule has 5 rings (SSSR count). The summed E-state index contributed by atoms with van der Waals surface area (Å²) in [7, 11) is 0. The maximum atomic E-state index is 5.94. The van der Waals surface area contributed by atoms with E-state index in [1.54, 1.807) is 0 Å². The van der Waals surface area contributed by atoms with Crippen molar-refractivity contribution in [2.45, 2.75) is 19.4 Å². The summed E-state index contributed by atoms with van der Waals surface area (Å²) >= 11 is 0. The second-order valence-electron chi connectivity index (χ2n) is 7.33. The van der Waals surface area contributed by atoms with E-state index in [0.29, 0.717) is 12.4 Å². The predicted molar refractivity (Wildman–Crippen MR) is 120 cm³/mol. The van der Waals surface area contributed by atoms with Crippen LogP contribution < -0.4 is 4.74 Å². The summed E-state index contributed by atoms with van der Waals surface area (Å²) in [6.07, 6.45) is 1.82. The Kier molecular flexibility index (Phi) is 5.35. The van der Waals surface area contributed by atoms with Crippen LogP contribution in [0.25, 0.3) is 22.3 Å². The van der Waals surface area contributed by atoms with Crippen LogP contribution in [0.2, 0.25) is 0 Å². The Morgan fingerprint density at radius 2 is 1.61 bits per heavy atom. The molecule has 0 aliphatic heterocycles. The molecule has 0 bridgehead atoms. The maximum absolute atomic E-state index is 5.94. The molecule has 0 amide bonds. The Hall–Kier alpha value is -4.06. The lowest BCUT2D eigenvalue weighted by molar-refractivity contribution is 0.301. The average Bonchev–Trinajstić information content (AvgIpc) is 3.37. The standard InChI is InChI=1S/C25H21N5O/c1-3-7-23(25-27-29-30-28-25)19(5-1)12-9-18-10-15-22(16-11-18)31-17-21-14-13-20-6-2-4-8-24(20)26-21/h1-8,10-11,13-16H,9,12,17H2,(H,27,28,29,30). The molecule has 1 N–H and O–H groups in total. The number of rotatable bonds is 7. The molecule has 5 aromatic rings. The minimum Gasteiger partial charge on any atom is -0.487 e. The van der Waals surface area contributed by atoms with Crippen molar-refractivity contribution >= 4 is 10.9 Å². The largest absolute Gasteiger partial charge is 0.487 e. The van der Waals surface area contributed by atoms with E-state index in [1.165, 1.54) is 11.1 Å². The number of nitrogens with one attached hydrogen (secondary N) is 1. The molecule has 0 unspecified atom stereocenters. The monoisotopic (exact) mass is 407 g/mol. The van der Waals surface area contributed by atoms with Crippen LogP contribution in [-0.4, -0.2) is 25.6 Å². The van der Waals surface area contributed by atoms with Gasteiger partial charge < -0.3 is 4.74 Å². The summed E-state index contributed by atoms with van der Waals surface area (Å²) in [6.45, 7) is 0.447. The predicted octanol–water partition coefficient (Wildman–Crippen LogP) is 4.78. The molecule has 0 spiro atoms. The number of fused-ring (bicyclic) bond motifs is 1. The van der Waals surface area contributed by atoms with Gasteiger partial charge in [-0.1, -0.05) is 60.7 Å². The van der Waals surface area contributed by atoms with Crippen molar-refractivity contribution in [3.63, 3.8) is 0 Å². The van der Waals surface area contributed by atoms with E-state index in [9.17, 15) is 0 Å². The molecule has 2 heterocycles. The highest BCUT2D eigenvalue weighted by atomic mass is 16.5. The molecule has 0 saturated heterocycles. The van der Waals surface area contributed by atoms with Crippen LogP contribution in [0.4, 0.5) is 0 Å². The van der Waals surface area contributed by atoms with Crippen LogP contribution in [0, 0.1) is 0 Å². The molecule has 0 aliphatic rings. The van der Waals surface area contributed by atoms with Crippen molar-refractivity contribution < 1.29 is 4.74 Å². The first-order valence-corrected chi connectivity index (χ1v) is 10.2. The van der Waals surface area contributed by atoms with Crippen molar-refractivity contribution in [1.82, 2.24) is 25.6 Å². The van der Waals surface area contributed by atoms with E-state index >= 15 is 0 Å². The Bertz CT molecular complexity index is 1280. The Morgan fingerprint density at radius 1 is 0.774 bits per heavy atom. The van der Waals surface area contributed by atoms with Gasteiger partial charge in [0.1, 0.15) is 12.4 Å². The number of hydrogen-bond donors (Lipinski definition) is 1. The number of nitrogens with zero attached hydrogens (tertiary/aromatic N) is 4. The number of benzene rings is 3. The van der Waals surface area contributed by atoms with Gasteiger partial charge in [0.2, 0.25) is 0 Å². The highest BCUT2D eigenvalue weighted by Crippen LogP contribution is 2.22. The van der Waals surface area contributed by atoms with Gasteiger partial charge in [-0.15, -0.1) is 5.10 Å². The minimum absolute atomic E-state index is 0.447. The first-order chi connectivity index (χ1) is 15.3. The van der Waals surface area contributed by atoms with Crippen LogP contribution >= 0.6 is 0 Å². The number of ether oxygens (including phenoxy) is 1. The first kappa shape index (κ1) is 18.9. The number of para-hydroxylation sites is 1. The van der Waals surface area contributed by atoms with Crippen LogP contribution in [0.5, 0.6) is 5.75 Å². The normalized spacial score (nSPS) is 11.0. The summed E-state index contributed by atoms with van der Waals surface area (Å²) in [5.74, 6) is 1.54. The van der Waals surface area contributed by atoms with Crippen molar-refractivity contribution in [3.05, 3.63) is 102 Å². The quantitative estimate of drug-likeness (QED) is 0.420. The van der Waals surface area contributed by atoms with Crippen molar-refractivity contribution in [2.24, 2.45) is 0 Å². The third kappa shape index (κ3) is 4.43. The van der Waals surface area contributed by atoms with Gasteiger partial charge in [-0.25, -0.2) is 10.1 Å². The Balaban J connectivity index is 1.21. The number of hydrogen-bond acceptors (Lipinski definition) is 5. The fourth-order valence-electron chi connectivity index (χ4n) is 3.62. The lowest BCUT2D eigenvalue weighted by Gasteiger charge is -2.09. The average molecular weight is 407 g/mol. The van der Waals surface area contributed by atoms with Gasteiger partial charge in [-0.05, 0) is 58.7 Å². The number of aryl methyl sites for hydroxylation is 2. The van der Waals surface area contributed by atoms with Gasteiger partial charge in [-0.2, -0.15) is 0 Å². The van der Waals surface area contributed by atoms with Gasteiger partial charge in [0.05, 0.1) is 11.2 Å².